The van der Waals surface area contributed by atoms with Gasteiger partial charge in [-0.25, -0.2) is 4.79 Å². The van der Waals surface area contributed by atoms with Crippen molar-refractivity contribution in [1.82, 2.24) is 15.1 Å². The lowest BCUT2D eigenvalue weighted by Gasteiger charge is -2.37. The van der Waals surface area contributed by atoms with Gasteiger partial charge in [0.1, 0.15) is 0 Å². The number of nitrogens with zero attached hydrogens (tertiary/aromatic N) is 2. The predicted octanol–water partition coefficient (Wildman–Crippen LogP) is 0.202. The number of hydrogen-bond donors (Lipinski definition) is 1. The number of carbonyl (C=O) groups excluding carboxylic acids is 2. The van der Waals surface area contributed by atoms with Crippen molar-refractivity contribution in [3.63, 3.8) is 0 Å². The predicted molar refractivity (Wildman–Crippen MR) is 73.1 cm³/mol. The van der Waals surface area contributed by atoms with Crippen LogP contribution in [-0.2, 0) is 9.53 Å². The highest BCUT2D eigenvalue weighted by Gasteiger charge is 2.57. The van der Waals surface area contributed by atoms with Gasteiger partial charge in [0.25, 0.3) is 0 Å². The van der Waals surface area contributed by atoms with Gasteiger partial charge in [0.05, 0.1) is 24.2 Å². The minimum absolute atomic E-state index is 0.0910. The Bertz CT molecular complexity index is 476. The number of carbonyl (C=O) groups is 2. The van der Waals surface area contributed by atoms with E-state index in [1.165, 1.54) is 0 Å². The largest absolute Gasteiger partial charge is 0.366 e. The summed E-state index contributed by atoms with van der Waals surface area (Å²) in [5, 5.41) is 2.67. The van der Waals surface area contributed by atoms with E-state index in [1.807, 2.05) is 18.7 Å². The van der Waals surface area contributed by atoms with Gasteiger partial charge >= 0.3 is 6.03 Å². The number of amides is 3. The van der Waals surface area contributed by atoms with Gasteiger partial charge in [-0.1, -0.05) is 11.6 Å². The molecular formula is C14H21N3O3. The summed E-state index contributed by atoms with van der Waals surface area (Å²) in [5.74, 6) is -0.103. The molecule has 1 N–H and O–H groups in total. The zero-order chi connectivity index (χ0) is 14.4. The molecule has 3 aliphatic rings. The van der Waals surface area contributed by atoms with E-state index in [9.17, 15) is 9.59 Å². The van der Waals surface area contributed by atoms with Crippen LogP contribution in [0.1, 0.15) is 13.8 Å². The number of ether oxygens (including phenoxy) is 1. The Morgan fingerprint density at radius 2 is 2.30 bits per heavy atom. The first-order chi connectivity index (χ1) is 9.56. The van der Waals surface area contributed by atoms with Crippen molar-refractivity contribution in [2.75, 3.05) is 26.7 Å². The average Bonchev–Trinajstić information content (AvgIpc) is 2.93. The molecule has 0 saturated carbocycles. The van der Waals surface area contributed by atoms with Crippen molar-refractivity contribution in [1.29, 1.82) is 0 Å². The summed E-state index contributed by atoms with van der Waals surface area (Å²) in [6.45, 7) is 5.86. The van der Waals surface area contributed by atoms with Gasteiger partial charge in [-0.3, -0.25) is 4.79 Å². The number of urea groups is 1. The first-order valence-corrected chi connectivity index (χ1v) is 7.16. The minimum Gasteiger partial charge on any atom is -0.366 e. The third kappa shape index (κ3) is 1.82. The highest BCUT2D eigenvalue weighted by atomic mass is 16.5. The van der Waals surface area contributed by atoms with E-state index < -0.39 is 0 Å². The molecule has 6 nitrogen and oxygen atoms in total. The topological polar surface area (TPSA) is 61.9 Å². The van der Waals surface area contributed by atoms with E-state index in [1.54, 1.807) is 11.9 Å². The van der Waals surface area contributed by atoms with Crippen LogP contribution in [0.5, 0.6) is 0 Å². The highest BCUT2D eigenvalue weighted by molar-refractivity contribution is 5.85. The summed E-state index contributed by atoms with van der Waals surface area (Å²) in [7, 11) is 1.62. The monoisotopic (exact) mass is 279 g/mol. The van der Waals surface area contributed by atoms with Gasteiger partial charge in [0.15, 0.2) is 0 Å². The van der Waals surface area contributed by atoms with Crippen molar-refractivity contribution in [2.45, 2.75) is 32.1 Å². The maximum Gasteiger partial charge on any atom is 0.317 e. The second-order valence-corrected chi connectivity index (χ2v) is 5.73. The number of fused-ring (bicyclic) bond motifs is 3. The fourth-order valence-electron chi connectivity index (χ4n) is 3.62. The molecule has 2 saturated heterocycles. The van der Waals surface area contributed by atoms with Crippen molar-refractivity contribution in [3.8, 4) is 0 Å². The summed E-state index contributed by atoms with van der Waals surface area (Å²) in [5.41, 5.74) is 1.11. The SMILES string of the molecule is CCN1CC2OC3C=C(C)CN(C(=O)NC)C3C2C1=O. The van der Waals surface area contributed by atoms with Crippen LogP contribution in [0, 0.1) is 5.92 Å². The van der Waals surface area contributed by atoms with E-state index >= 15 is 0 Å². The van der Waals surface area contributed by atoms with Crippen LogP contribution in [0.4, 0.5) is 4.79 Å². The number of hydrogen-bond acceptors (Lipinski definition) is 3. The lowest BCUT2D eigenvalue weighted by molar-refractivity contribution is -0.132. The van der Waals surface area contributed by atoms with Gasteiger partial charge < -0.3 is 19.9 Å². The number of nitrogens with one attached hydrogen (secondary N) is 1. The molecule has 3 aliphatic heterocycles. The molecule has 0 radical (unpaired) electrons. The normalized spacial score (nSPS) is 35.8. The summed E-state index contributed by atoms with van der Waals surface area (Å²) >= 11 is 0. The molecule has 4 atom stereocenters. The maximum absolute atomic E-state index is 12.5. The van der Waals surface area contributed by atoms with E-state index in [0.29, 0.717) is 19.6 Å². The molecule has 0 aromatic heterocycles. The lowest BCUT2D eigenvalue weighted by atomic mass is 9.90. The standard InChI is InChI=1S/C14H21N3O3/c1-4-16-7-10-11(13(16)18)12-9(20-10)5-8(2)6-17(12)14(19)15-3/h5,9-12H,4,6-7H2,1-3H3,(H,15,19). The van der Waals surface area contributed by atoms with Crippen LogP contribution < -0.4 is 5.32 Å². The minimum atomic E-state index is -0.221. The fraction of sp³-hybridized carbons (Fsp3) is 0.714. The Hall–Kier alpha value is -1.56. The smallest absolute Gasteiger partial charge is 0.317 e. The molecule has 0 spiro atoms. The molecule has 4 unspecified atom stereocenters. The Morgan fingerprint density at radius 1 is 1.55 bits per heavy atom. The van der Waals surface area contributed by atoms with Crippen molar-refractivity contribution < 1.29 is 14.3 Å². The summed E-state index contributed by atoms with van der Waals surface area (Å²) < 4.78 is 6.03. The zero-order valence-corrected chi connectivity index (χ0v) is 12.1. The molecule has 0 bridgehead atoms. The van der Waals surface area contributed by atoms with Crippen molar-refractivity contribution >= 4 is 11.9 Å². The molecular weight excluding hydrogens is 258 g/mol. The Labute approximate surface area is 118 Å². The van der Waals surface area contributed by atoms with Gasteiger partial charge in [-0.05, 0) is 13.8 Å². The quantitative estimate of drug-likeness (QED) is 0.698. The van der Waals surface area contributed by atoms with E-state index in [-0.39, 0.29) is 36.1 Å². The maximum atomic E-state index is 12.5. The highest BCUT2D eigenvalue weighted by Crippen LogP contribution is 2.40. The molecule has 3 amide bonds. The molecule has 0 aromatic rings. The Balaban J connectivity index is 1.92. The molecule has 0 aromatic carbocycles. The van der Waals surface area contributed by atoms with E-state index in [4.69, 9.17) is 4.74 Å². The molecule has 3 heterocycles. The first kappa shape index (κ1) is 13.4. The summed E-state index contributed by atoms with van der Waals surface area (Å²) in [4.78, 5) is 28.2. The zero-order valence-electron chi connectivity index (χ0n) is 12.1. The van der Waals surface area contributed by atoms with Crippen LogP contribution in [0.3, 0.4) is 0 Å². The van der Waals surface area contributed by atoms with Crippen molar-refractivity contribution in [3.05, 3.63) is 11.6 Å². The van der Waals surface area contributed by atoms with Crippen LogP contribution in [0.25, 0.3) is 0 Å². The average molecular weight is 279 g/mol. The summed E-state index contributed by atoms with van der Waals surface area (Å²) in [6.07, 6.45) is 1.82. The number of likely N-dealkylation sites (N-methyl/N-ethyl adjacent to an activating group) is 1. The molecule has 2 fully saturated rings. The van der Waals surface area contributed by atoms with E-state index in [2.05, 4.69) is 11.4 Å². The fourth-order valence-corrected chi connectivity index (χ4v) is 3.62. The molecule has 6 heteroatoms. The Kier molecular flexibility index (Phi) is 3.20. The van der Waals surface area contributed by atoms with Crippen LogP contribution in [0.15, 0.2) is 11.6 Å². The first-order valence-electron chi connectivity index (χ1n) is 7.16. The molecule has 110 valence electrons. The van der Waals surface area contributed by atoms with Crippen molar-refractivity contribution in [2.24, 2.45) is 5.92 Å². The third-order valence-electron chi connectivity index (χ3n) is 4.52. The van der Waals surface area contributed by atoms with Gasteiger partial charge in [-0.2, -0.15) is 0 Å². The summed E-state index contributed by atoms with van der Waals surface area (Å²) in [6, 6.07) is -0.313. The second-order valence-electron chi connectivity index (χ2n) is 5.73. The molecule has 0 aliphatic carbocycles. The Morgan fingerprint density at radius 3 is 2.95 bits per heavy atom. The second kappa shape index (κ2) is 4.77. The van der Waals surface area contributed by atoms with Crippen LogP contribution in [-0.4, -0.2) is 66.7 Å². The van der Waals surface area contributed by atoms with Gasteiger partial charge in [0.2, 0.25) is 5.91 Å². The van der Waals surface area contributed by atoms with E-state index in [0.717, 1.165) is 5.57 Å². The number of likely N-dealkylation sites (tertiary alicyclic amines) is 1. The van der Waals surface area contributed by atoms with Gasteiger partial charge in [-0.15, -0.1) is 0 Å². The van der Waals surface area contributed by atoms with Gasteiger partial charge in [0, 0.05) is 26.7 Å². The molecule has 20 heavy (non-hydrogen) atoms. The lowest BCUT2D eigenvalue weighted by Crippen LogP contribution is -2.55. The molecule has 3 rings (SSSR count). The van der Waals surface area contributed by atoms with Crippen LogP contribution in [0.2, 0.25) is 0 Å². The number of rotatable bonds is 1. The third-order valence-corrected chi connectivity index (χ3v) is 4.52. The van der Waals surface area contributed by atoms with Crippen LogP contribution >= 0.6 is 0 Å².